The minimum absolute atomic E-state index is 0. The third-order valence-corrected chi connectivity index (χ3v) is 4.55. The van der Waals surface area contributed by atoms with Crippen LogP contribution in [0.3, 0.4) is 0 Å². The summed E-state index contributed by atoms with van der Waals surface area (Å²) in [7, 11) is 0. The third kappa shape index (κ3) is 5.03. The maximum Gasteiger partial charge on any atom is 0.306 e. The molecule has 6 nitrogen and oxygen atoms in total. The normalized spacial score (nSPS) is 15.9. The summed E-state index contributed by atoms with van der Waals surface area (Å²) in [6.07, 6.45) is 1.98. The minimum atomic E-state index is -0.696. The van der Waals surface area contributed by atoms with E-state index in [4.69, 9.17) is 9.63 Å². The van der Waals surface area contributed by atoms with Gasteiger partial charge in [0.05, 0.1) is 12.5 Å². The molecule has 1 saturated heterocycles. The molecule has 0 aliphatic carbocycles. The molecule has 0 saturated carbocycles. The summed E-state index contributed by atoms with van der Waals surface area (Å²) in [5.41, 5.74) is 1.12. The van der Waals surface area contributed by atoms with E-state index in [0.29, 0.717) is 37.5 Å². The van der Waals surface area contributed by atoms with Crippen LogP contribution in [0, 0.1) is 5.92 Å². The molecule has 2 aromatic rings. The Morgan fingerprint density at radius 1 is 1.38 bits per heavy atom. The summed E-state index contributed by atoms with van der Waals surface area (Å²) in [6.45, 7) is 2.08. The number of likely N-dealkylation sites (tertiary alicyclic amines) is 1. The van der Waals surface area contributed by atoms with Gasteiger partial charge in [-0.1, -0.05) is 33.2 Å². The van der Waals surface area contributed by atoms with Crippen molar-refractivity contribution in [1.82, 2.24) is 15.0 Å². The van der Waals surface area contributed by atoms with E-state index in [0.717, 1.165) is 23.1 Å². The molecule has 0 radical (unpaired) electrons. The van der Waals surface area contributed by atoms with Gasteiger partial charge in [0.1, 0.15) is 0 Å². The monoisotopic (exact) mass is 415 g/mol. The zero-order chi connectivity index (χ0) is 16.2. The van der Waals surface area contributed by atoms with E-state index in [1.165, 1.54) is 0 Å². The molecule has 0 unspecified atom stereocenters. The average molecular weight is 417 g/mol. The van der Waals surface area contributed by atoms with Gasteiger partial charge in [0.2, 0.25) is 5.89 Å². The molecule has 2 heterocycles. The zero-order valence-corrected chi connectivity index (χ0v) is 15.4. The van der Waals surface area contributed by atoms with Gasteiger partial charge in [0, 0.05) is 10.9 Å². The first-order valence-corrected chi connectivity index (χ1v) is 8.40. The van der Waals surface area contributed by atoms with Gasteiger partial charge in [-0.05, 0) is 43.6 Å². The van der Waals surface area contributed by atoms with E-state index in [2.05, 4.69) is 31.0 Å². The average Bonchev–Trinajstić information content (AvgIpc) is 2.95. The number of piperidine rings is 1. The van der Waals surface area contributed by atoms with Crippen LogP contribution < -0.4 is 0 Å². The Balaban J connectivity index is 0.00000208. The van der Waals surface area contributed by atoms with E-state index in [1.807, 2.05) is 24.3 Å². The Morgan fingerprint density at radius 2 is 2.12 bits per heavy atom. The van der Waals surface area contributed by atoms with Crippen LogP contribution in [0.15, 0.2) is 33.3 Å². The fourth-order valence-corrected chi connectivity index (χ4v) is 3.23. The molecule has 8 heteroatoms. The highest BCUT2D eigenvalue weighted by molar-refractivity contribution is 9.10. The van der Waals surface area contributed by atoms with E-state index < -0.39 is 5.97 Å². The molecule has 0 amide bonds. The first kappa shape index (κ1) is 18.9. The Bertz CT molecular complexity index is 687. The molecule has 1 fully saturated rings. The molecule has 1 aliphatic heterocycles. The van der Waals surface area contributed by atoms with Crippen LogP contribution >= 0.6 is 28.3 Å². The van der Waals surface area contributed by atoms with Crippen molar-refractivity contribution in [2.45, 2.75) is 25.8 Å². The summed E-state index contributed by atoms with van der Waals surface area (Å²) in [6, 6.07) is 8.02. The molecule has 24 heavy (non-hydrogen) atoms. The summed E-state index contributed by atoms with van der Waals surface area (Å²) in [5.74, 6) is 0.335. The number of hydrogen-bond acceptors (Lipinski definition) is 5. The Kier molecular flexibility index (Phi) is 6.77. The van der Waals surface area contributed by atoms with Gasteiger partial charge >= 0.3 is 5.97 Å². The first-order valence-electron chi connectivity index (χ1n) is 7.61. The molecule has 1 aromatic heterocycles. The van der Waals surface area contributed by atoms with Crippen LogP contribution in [0.1, 0.15) is 30.1 Å². The number of halogens is 2. The van der Waals surface area contributed by atoms with Gasteiger partial charge in [-0.15, -0.1) is 12.4 Å². The van der Waals surface area contributed by atoms with Gasteiger partial charge in [0.25, 0.3) is 0 Å². The van der Waals surface area contributed by atoms with Crippen LogP contribution in [0.25, 0.3) is 0 Å². The fraction of sp³-hybridized carbons (Fsp3) is 0.438. The maximum absolute atomic E-state index is 11.0. The molecule has 130 valence electrons. The van der Waals surface area contributed by atoms with Crippen molar-refractivity contribution in [3.8, 4) is 0 Å². The molecule has 1 aromatic carbocycles. The molecule has 1 aliphatic rings. The predicted octanol–water partition coefficient (Wildman–Crippen LogP) is 3.14. The molecular formula is C16H19BrClN3O3. The molecule has 1 N–H and O–H groups in total. The van der Waals surface area contributed by atoms with Crippen molar-refractivity contribution < 1.29 is 14.4 Å². The maximum atomic E-state index is 11.0. The number of carbonyl (C=O) groups is 1. The second-order valence-electron chi connectivity index (χ2n) is 5.80. The van der Waals surface area contributed by atoms with Crippen molar-refractivity contribution in [3.05, 3.63) is 46.0 Å². The highest BCUT2D eigenvalue weighted by Gasteiger charge is 2.25. The Hall–Kier alpha value is -1.44. The van der Waals surface area contributed by atoms with E-state index in [-0.39, 0.29) is 18.3 Å². The fourth-order valence-electron chi connectivity index (χ4n) is 2.78. The number of aliphatic carboxylic acids is 1. The van der Waals surface area contributed by atoms with Crippen molar-refractivity contribution >= 4 is 34.3 Å². The second-order valence-corrected chi connectivity index (χ2v) is 6.72. The number of rotatable bonds is 5. The predicted molar refractivity (Wildman–Crippen MR) is 94.1 cm³/mol. The van der Waals surface area contributed by atoms with Gasteiger partial charge in [-0.2, -0.15) is 4.98 Å². The SMILES string of the molecule is Cl.O=C(O)C1CCN(Cc2nc(Cc3cccc(Br)c3)no2)CC1. The molecule has 3 rings (SSSR count). The van der Waals surface area contributed by atoms with Crippen molar-refractivity contribution in [1.29, 1.82) is 0 Å². The Morgan fingerprint density at radius 3 is 2.79 bits per heavy atom. The number of carboxylic acids is 1. The lowest BCUT2D eigenvalue weighted by atomic mass is 9.97. The molecular weight excluding hydrogens is 398 g/mol. The summed E-state index contributed by atoms with van der Waals surface area (Å²) >= 11 is 3.45. The molecule has 0 bridgehead atoms. The highest BCUT2D eigenvalue weighted by Crippen LogP contribution is 2.19. The number of aromatic nitrogens is 2. The molecule has 0 spiro atoms. The van der Waals surface area contributed by atoms with Crippen LogP contribution in [-0.2, 0) is 17.8 Å². The number of carboxylic acid groups (broad SMARTS) is 1. The number of benzene rings is 1. The van der Waals surface area contributed by atoms with Crippen molar-refractivity contribution in [2.24, 2.45) is 5.92 Å². The van der Waals surface area contributed by atoms with Gasteiger partial charge in [0.15, 0.2) is 5.82 Å². The second kappa shape index (κ2) is 8.60. The minimum Gasteiger partial charge on any atom is -0.481 e. The topological polar surface area (TPSA) is 79.5 Å². The first-order chi connectivity index (χ1) is 11.1. The van der Waals surface area contributed by atoms with Crippen LogP contribution in [0.5, 0.6) is 0 Å². The zero-order valence-electron chi connectivity index (χ0n) is 13.0. The summed E-state index contributed by atoms with van der Waals surface area (Å²) in [5, 5.41) is 13.0. The summed E-state index contributed by atoms with van der Waals surface area (Å²) < 4.78 is 6.34. The van der Waals surface area contributed by atoms with Gasteiger partial charge < -0.3 is 9.63 Å². The third-order valence-electron chi connectivity index (χ3n) is 4.06. The van der Waals surface area contributed by atoms with Crippen molar-refractivity contribution in [2.75, 3.05) is 13.1 Å². The number of hydrogen-bond donors (Lipinski definition) is 1. The van der Waals surface area contributed by atoms with Crippen LogP contribution in [0.4, 0.5) is 0 Å². The standard InChI is InChI=1S/C16H18BrN3O3.ClH/c17-13-3-1-2-11(8-13)9-14-18-15(23-19-14)10-20-6-4-12(5-7-20)16(21)22;/h1-3,8,12H,4-7,9-10H2,(H,21,22);1H. The lowest BCUT2D eigenvalue weighted by Gasteiger charge is -2.28. The van der Waals surface area contributed by atoms with Gasteiger partial charge in [-0.3, -0.25) is 9.69 Å². The largest absolute Gasteiger partial charge is 0.481 e. The van der Waals surface area contributed by atoms with Crippen molar-refractivity contribution in [3.63, 3.8) is 0 Å². The van der Waals surface area contributed by atoms with Crippen LogP contribution in [-0.4, -0.2) is 39.2 Å². The lowest BCUT2D eigenvalue weighted by Crippen LogP contribution is -2.35. The highest BCUT2D eigenvalue weighted by atomic mass is 79.9. The lowest BCUT2D eigenvalue weighted by molar-refractivity contribution is -0.143. The quantitative estimate of drug-likeness (QED) is 0.806. The Labute approximate surface area is 154 Å². The van der Waals surface area contributed by atoms with Gasteiger partial charge in [-0.25, -0.2) is 0 Å². The van der Waals surface area contributed by atoms with E-state index in [9.17, 15) is 4.79 Å². The number of nitrogens with zero attached hydrogens (tertiary/aromatic N) is 3. The smallest absolute Gasteiger partial charge is 0.306 e. The van der Waals surface area contributed by atoms with E-state index >= 15 is 0 Å². The summed E-state index contributed by atoms with van der Waals surface area (Å²) in [4.78, 5) is 17.6. The van der Waals surface area contributed by atoms with E-state index in [1.54, 1.807) is 0 Å². The molecule has 0 atom stereocenters. The van der Waals surface area contributed by atoms with Crippen LogP contribution in [0.2, 0.25) is 0 Å².